The van der Waals surface area contributed by atoms with Crippen LogP contribution in [0.25, 0.3) is 0 Å². The molecule has 1 aliphatic rings. The summed E-state index contributed by atoms with van der Waals surface area (Å²) in [5.41, 5.74) is 4.18. The van der Waals surface area contributed by atoms with Crippen molar-refractivity contribution in [1.29, 1.82) is 0 Å². The Morgan fingerprint density at radius 2 is 1.71 bits per heavy atom. The van der Waals surface area contributed by atoms with Crippen LogP contribution in [0.1, 0.15) is 29.0 Å². The van der Waals surface area contributed by atoms with Crippen LogP contribution in [0.5, 0.6) is 0 Å². The first-order valence-corrected chi connectivity index (χ1v) is 5.17. The number of allylic oxidation sites excluding steroid dienone is 4. The fraction of sp³-hybridized carbons (Fsp3) is 0.286. The maximum absolute atomic E-state index is 2.29. The second kappa shape index (κ2) is 3.83. The second-order valence-corrected chi connectivity index (χ2v) is 4.08. The highest BCUT2D eigenvalue weighted by molar-refractivity contribution is 5.35. The maximum atomic E-state index is 2.29. The van der Waals surface area contributed by atoms with Crippen LogP contribution in [0.4, 0.5) is 0 Å². The molecule has 0 heteroatoms. The van der Waals surface area contributed by atoms with Crippen molar-refractivity contribution in [1.82, 2.24) is 0 Å². The Morgan fingerprint density at radius 3 is 2.29 bits per heavy atom. The van der Waals surface area contributed by atoms with E-state index in [0.717, 1.165) is 6.42 Å². The highest BCUT2D eigenvalue weighted by Crippen LogP contribution is 2.25. The Balaban J connectivity index is 2.32. The van der Waals surface area contributed by atoms with Gasteiger partial charge in [-0.1, -0.05) is 53.6 Å². The number of rotatable bonds is 1. The summed E-state index contributed by atoms with van der Waals surface area (Å²) in [6.07, 6.45) is 9.93. The molecule has 0 fully saturated rings. The van der Waals surface area contributed by atoms with Crippen LogP contribution in [-0.2, 0) is 0 Å². The molecule has 0 nitrogen and oxygen atoms in total. The molecule has 1 atom stereocenters. The predicted molar refractivity (Wildman–Crippen MR) is 61.6 cm³/mol. The van der Waals surface area contributed by atoms with Gasteiger partial charge in [0.25, 0.3) is 0 Å². The molecule has 72 valence electrons. The van der Waals surface area contributed by atoms with Crippen molar-refractivity contribution in [2.24, 2.45) is 0 Å². The van der Waals surface area contributed by atoms with E-state index >= 15 is 0 Å². The molecule has 0 saturated heterocycles. The van der Waals surface area contributed by atoms with E-state index in [-0.39, 0.29) is 0 Å². The van der Waals surface area contributed by atoms with Crippen molar-refractivity contribution in [3.05, 3.63) is 59.2 Å². The minimum Gasteiger partial charge on any atom is -0.0836 e. The lowest BCUT2D eigenvalue weighted by atomic mass is 9.90. The van der Waals surface area contributed by atoms with Crippen molar-refractivity contribution < 1.29 is 0 Å². The van der Waals surface area contributed by atoms with Crippen LogP contribution in [0.2, 0.25) is 0 Å². The third kappa shape index (κ3) is 1.95. The lowest BCUT2D eigenvalue weighted by molar-refractivity contribution is 0.850. The van der Waals surface area contributed by atoms with E-state index < -0.39 is 0 Å². The van der Waals surface area contributed by atoms with Gasteiger partial charge in [0.1, 0.15) is 0 Å². The fourth-order valence-corrected chi connectivity index (χ4v) is 2.05. The standard InChI is InChI=1S/C14H16/c1-11-8-12(2)10-14(9-11)13-6-4-3-5-7-13/h3-6,8-10,13H,7H2,1-2H3/t13-/m0/s1. The summed E-state index contributed by atoms with van der Waals surface area (Å²) < 4.78 is 0. The fourth-order valence-electron chi connectivity index (χ4n) is 2.05. The Kier molecular flexibility index (Phi) is 2.53. The van der Waals surface area contributed by atoms with Crippen molar-refractivity contribution >= 4 is 0 Å². The Labute approximate surface area is 86.0 Å². The highest BCUT2D eigenvalue weighted by Gasteiger charge is 2.08. The molecule has 0 spiro atoms. The molecule has 1 aliphatic carbocycles. The first-order chi connectivity index (χ1) is 6.75. The molecule has 0 heterocycles. The van der Waals surface area contributed by atoms with E-state index in [9.17, 15) is 0 Å². The molecular formula is C14H16. The molecule has 14 heavy (non-hydrogen) atoms. The van der Waals surface area contributed by atoms with E-state index in [0.29, 0.717) is 5.92 Å². The summed E-state index contributed by atoms with van der Waals surface area (Å²) in [5, 5.41) is 0. The van der Waals surface area contributed by atoms with Crippen LogP contribution in [0.3, 0.4) is 0 Å². The van der Waals surface area contributed by atoms with Gasteiger partial charge in [0.2, 0.25) is 0 Å². The summed E-state index contributed by atoms with van der Waals surface area (Å²) >= 11 is 0. The molecule has 1 aromatic carbocycles. The molecule has 0 aromatic heterocycles. The van der Waals surface area contributed by atoms with Crippen LogP contribution in [0.15, 0.2) is 42.5 Å². The molecule has 0 unspecified atom stereocenters. The predicted octanol–water partition coefficient (Wildman–Crippen LogP) is 3.90. The SMILES string of the molecule is Cc1cc(C)cc([C@H]2C=CC=CC2)c1. The summed E-state index contributed by atoms with van der Waals surface area (Å²) in [5.74, 6) is 0.582. The smallest absolute Gasteiger partial charge is 0.00559 e. The van der Waals surface area contributed by atoms with Gasteiger partial charge >= 0.3 is 0 Å². The average Bonchev–Trinajstić information content (AvgIpc) is 2.18. The number of aryl methyl sites for hydroxylation is 2. The zero-order valence-electron chi connectivity index (χ0n) is 8.83. The molecule has 1 aromatic rings. The van der Waals surface area contributed by atoms with Gasteiger partial charge in [-0.15, -0.1) is 0 Å². The largest absolute Gasteiger partial charge is 0.0836 e. The van der Waals surface area contributed by atoms with Crippen molar-refractivity contribution in [3.8, 4) is 0 Å². The Hall–Kier alpha value is -1.30. The normalized spacial score (nSPS) is 20.0. The van der Waals surface area contributed by atoms with Gasteiger partial charge in [-0.25, -0.2) is 0 Å². The van der Waals surface area contributed by atoms with Crippen LogP contribution in [-0.4, -0.2) is 0 Å². The molecular weight excluding hydrogens is 168 g/mol. The number of hydrogen-bond acceptors (Lipinski definition) is 0. The van der Waals surface area contributed by atoms with Crippen LogP contribution >= 0.6 is 0 Å². The number of benzene rings is 1. The van der Waals surface area contributed by atoms with E-state index in [4.69, 9.17) is 0 Å². The average molecular weight is 184 g/mol. The maximum Gasteiger partial charge on any atom is 0.00559 e. The van der Waals surface area contributed by atoms with Gasteiger partial charge in [-0.2, -0.15) is 0 Å². The summed E-state index contributed by atoms with van der Waals surface area (Å²) in [6.45, 7) is 4.33. The summed E-state index contributed by atoms with van der Waals surface area (Å²) in [4.78, 5) is 0. The van der Waals surface area contributed by atoms with Gasteiger partial charge in [-0.3, -0.25) is 0 Å². The van der Waals surface area contributed by atoms with E-state index in [1.165, 1.54) is 16.7 Å². The minimum atomic E-state index is 0.582. The van der Waals surface area contributed by atoms with Gasteiger partial charge in [0, 0.05) is 5.92 Å². The zero-order valence-corrected chi connectivity index (χ0v) is 8.83. The van der Waals surface area contributed by atoms with Gasteiger partial charge in [0.05, 0.1) is 0 Å². The second-order valence-electron chi connectivity index (χ2n) is 4.08. The molecule has 0 amide bonds. The van der Waals surface area contributed by atoms with Gasteiger partial charge < -0.3 is 0 Å². The van der Waals surface area contributed by atoms with E-state index in [1.54, 1.807) is 0 Å². The third-order valence-corrected chi connectivity index (χ3v) is 2.65. The lowest BCUT2D eigenvalue weighted by Crippen LogP contribution is -1.97. The number of hydrogen-bond donors (Lipinski definition) is 0. The van der Waals surface area contributed by atoms with Crippen molar-refractivity contribution in [3.63, 3.8) is 0 Å². The molecule has 0 saturated carbocycles. The first kappa shape index (κ1) is 9.26. The molecule has 0 aliphatic heterocycles. The van der Waals surface area contributed by atoms with Gasteiger partial charge in [-0.05, 0) is 25.8 Å². The summed E-state index contributed by atoms with van der Waals surface area (Å²) in [7, 11) is 0. The Morgan fingerprint density at radius 1 is 1.00 bits per heavy atom. The zero-order chi connectivity index (χ0) is 9.97. The van der Waals surface area contributed by atoms with E-state index in [2.05, 4.69) is 56.4 Å². The topological polar surface area (TPSA) is 0 Å². The Bertz CT molecular complexity index is 363. The monoisotopic (exact) mass is 184 g/mol. The highest BCUT2D eigenvalue weighted by atomic mass is 14.1. The first-order valence-electron chi connectivity index (χ1n) is 5.17. The van der Waals surface area contributed by atoms with Crippen LogP contribution < -0.4 is 0 Å². The van der Waals surface area contributed by atoms with Crippen molar-refractivity contribution in [2.45, 2.75) is 26.2 Å². The quantitative estimate of drug-likeness (QED) is 0.621. The summed E-state index contributed by atoms with van der Waals surface area (Å²) in [6, 6.07) is 6.81. The van der Waals surface area contributed by atoms with Crippen molar-refractivity contribution in [2.75, 3.05) is 0 Å². The molecule has 0 N–H and O–H groups in total. The van der Waals surface area contributed by atoms with Crippen LogP contribution in [0, 0.1) is 13.8 Å². The third-order valence-electron chi connectivity index (χ3n) is 2.65. The van der Waals surface area contributed by atoms with Gasteiger partial charge in [0.15, 0.2) is 0 Å². The molecule has 2 rings (SSSR count). The molecule has 0 radical (unpaired) electrons. The molecule has 0 bridgehead atoms. The minimum absolute atomic E-state index is 0.582. The van der Waals surface area contributed by atoms with E-state index in [1.807, 2.05) is 0 Å². The lowest BCUT2D eigenvalue weighted by Gasteiger charge is -2.14.